The quantitative estimate of drug-likeness (QED) is 0.768. The van der Waals surface area contributed by atoms with Crippen molar-refractivity contribution in [3.8, 4) is 0 Å². The molecule has 2 rings (SSSR count). The topological polar surface area (TPSA) is 36.4 Å². The molecule has 0 aromatic carbocycles. The summed E-state index contributed by atoms with van der Waals surface area (Å²) in [5.74, 6) is 0.126. The van der Waals surface area contributed by atoms with Crippen LogP contribution in [0, 0.1) is 6.92 Å². The van der Waals surface area contributed by atoms with Gasteiger partial charge < -0.3 is 4.90 Å². The van der Waals surface area contributed by atoms with Crippen molar-refractivity contribution < 1.29 is 4.79 Å². The van der Waals surface area contributed by atoms with Crippen LogP contribution >= 0.6 is 11.3 Å². The normalized spacial score (nSPS) is 23.0. The highest BCUT2D eigenvalue weighted by atomic mass is 32.1. The summed E-state index contributed by atoms with van der Waals surface area (Å²) in [4.78, 5) is 21.6. The minimum atomic E-state index is 0.126. The van der Waals surface area contributed by atoms with E-state index in [4.69, 9.17) is 0 Å². The lowest BCUT2D eigenvalue weighted by Crippen LogP contribution is -2.30. The van der Waals surface area contributed by atoms with Gasteiger partial charge in [-0.2, -0.15) is 0 Å². The van der Waals surface area contributed by atoms with Crippen LogP contribution in [0.25, 0.3) is 0 Å². The van der Waals surface area contributed by atoms with Gasteiger partial charge in [-0.15, -0.1) is 11.3 Å². The minimum Gasteiger partial charge on any atom is -0.304 e. The van der Waals surface area contributed by atoms with E-state index in [1.807, 2.05) is 6.92 Å². The summed E-state index contributed by atoms with van der Waals surface area (Å²) in [5.41, 5.74) is 0.878. The van der Waals surface area contributed by atoms with Crippen LogP contribution in [0.15, 0.2) is 0 Å². The molecule has 1 fully saturated rings. The number of thiazole rings is 1. The Balaban J connectivity index is 2.28. The van der Waals surface area contributed by atoms with E-state index in [1.54, 1.807) is 18.3 Å². The first-order valence-electron chi connectivity index (χ1n) is 6.36. The summed E-state index contributed by atoms with van der Waals surface area (Å²) in [5, 5.41) is 1.08. The highest BCUT2D eigenvalue weighted by Crippen LogP contribution is 2.29. The van der Waals surface area contributed by atoms with Crippen molar-refractivity contribution in [1.82, 2.24) is 14.8 Å². The van der Waals surface area contributed by atoms with E-state index < -0.39 is 0 Å². The molecule has 0 spiro atoms. The number of nitrogens with zero attached hydrogens (tertiary/aromatic N) is 3. The van der Waals surface area contributed by atoms with E-state index in [-0.39, 0.29) is 5.78 Å². The molecule has 1 saturated heterocycles. The molecule has 0 saturated carbocycles. The standard InChI is InChI=1S/C13H21N3OS/c1-9-12(10(2)17)18-13(14-9)11-8-15(3)6-5-7-16(11)4/h11H,5-8H2,1-4H3. The Bertz CT molecular complexity index is 443. The van der Waals surface area contributed by atoms with Crippen molar-refractivity contribution in [1.29, 1.82) is 0 Å². The van der Waals surface area contributed by atoms with E-state index in [0.717, 1.165) is 35.2 Å². The fraction of sp³-hybridized carbons (Fsp3) is 0.692. The Kier molecular flexibility index (Phi) is 4.14. The Morgan fingerprint density at radius 2 is 2.11 bits per heavy atom. The zero-order valence-electron chi connectivity index (χ0n) is 11.6. The number of carbonyl (C=O) groups is 1. The monoisotopic (exact) mass is 267 g/mol. The van der Waals surface area contributed by atoms with Crippen LogP contribution in [-0.2, 0) is 0 Å². The highest BCUT2D eigenvalue weighted by Gasteiger charge is 2.26. The van der Waals surface area contributed by atoms with Crippen molar-refractivity contribution in [3.05, 3.63) is 15.6 Å². The van der Waals surface area contributed by atoms with Crippen LogP contribution in [0.4, 0.5) is 0 Å². The number of likely N-dealkylation sites (N-methyl/N-ethyl adjacent to an activating group) is 2. The third-order valence-corrected chi connectivity index (χ3v) is 4.84. The molecule has 1 unspecified atom stereocenters. The predicted molar refractivity (Wildman–Crippen MR) is 74.3 cm³/mol. The van der Waals surface area contributed by atoms with Gasteiger partial charge in [0.05, 0.1) is 16.6 Å². The molecule has 2 heterocycles. The third kappa shape index (κ3) is 2.79. The van der Waals surface area contributed by atoms with Gasteiger partial charge in [-0.05, 0) is 40.5 Å². The zero-order valence-corrected chi connectivity index (χ0v) is 12.4. The molecule has 0 bridgehead atoms. The second-order valence-corrected chi connectivity index (χ2v) is 6.17. The number of hydrogen-bond acceptors (Lipinski definition) is 5. The zero-order chi connectivity index (χ0) is 13.3. The first-order chi connectivity index (χ1) is 8.49. The van der Waals surface area contributed by atoms with Gasteiger partial charge >= 0.3 is 0 Å². The predicted octanol–water partition coefficient (Wildman–Crippen LogP) is 1.96. The largest absolute Gasteiger partial charge is 0.304 e. The van der Waals surface area contributed by atoms with Crippen molar-refractivity contribution in [3.63, 3.8) is 0 Å². The van der Waals surface area contributed by atoms with E-state index in [0.29, 0.717) is 6.04 Å². The van der Waals surface area contributed by atoms with Crippen LogP contribution in [0.1, 0.15) is 39.8 Å². The number of carbonyl (C=O) groups excluding carboxylic acids is 1. The fourth-order valence-electron chi connectivity index (χ4n) is 2.42. The van der Waals surface area contributed by atoms with Gasteiger partial charge in [0.15, 0.2) is 5.78 Å². The van der Waals surface area contributed by atoms with Gasteiger partial charge in [-0.3, -0.25) is 9.69 Å². The molecule has 1 aliphatic rings. The molecule has 0 N–H and O–H groups in total. The lowest BCUT2D eigenvalue weighted by molar-refractivity contribution is 0.102. The summed E-state index contributed by atoms with van der Waals surface area (Å²) in [6.45, 7) is 6.75. The van der Waals surface area contributed by atoms with Gasteiger partial charge in [-0.1, -0.05) is 0 Å². The summed E-state index contributed by atoms with van der Waals surface area (Å²) in [6, 6.07) is 0.314. The number of ketones is 1. The van der Waals surface area contributed by atoms with Crippen molar-refractivity contribution in [2.24, 2.45) is 0 Å². The Morgan fingerprint density at radius 3 is 2.72 bits per heavy atom. The van der Waals surface area contributed by atoms with E-state index in [1.165, 1.54) is 6.42 Å². The van der Waals surface area contributed by atoms with Gasteiger partial charge in [0.1, 0.15) is 5.01 Å². The van der Waals surface area contributed by atoms with Crippen molar-refractivity contribution in [2.45, 2.75) is 26.3 Å². The van der Waals surface area contributed by atoms with Crippen LogP contribution in [0.3, 0.4) is 0 Å². The molecule has 4 nitrogen and oxygen atoms in total. The molecule has 100 valence electrons. The summed E-state index contributed by atoms with van der Waals surface area (Å²) >= 11 is 1.56. The minimum absolute atomic E-state index is 0.126. The highest BCUT2D eigenvalue weighted by molar-refractivity contribution is 7.13. The molecule has 1 aromatic heterocycles. The second-order valence-electron chi connectivity index (χ2n) is 5.14. The van der Waals surface area contributed by atoms with E-state index in [9.17, 15) is 4.79 Å². The lowest BCUT2D eigenvalue weighted by atomic mass is 10.2. The summed E-state index contributed by atoms with van der Waals surface area (Å²) in [7, 11) is 4.30. The molecular formula is C13H21N3OS. The maximum Gasteiger partial charge on any atom is 0.171 e. The number of aromatic nitrogens is 1. The smallest absolute Gasteiger partial charge is 0.171 e. The number of rotatable bonds is 2. The molecule has 5 heteroatoms. The second kappa shape index (κ2) is 5.47. The number of hydrogen-bond donors (Lipinski definition) is 0. The van der Waals surface area contributed by atoms with Crippen LogP contribution in [0.2, 0.25) is 0 Å². The van der Waals surface area contributed by atoms with Gasteiger partial charge in [-0.25, -0.2) is 4.98 Å². The van der Waals surface area contributed by atoms with Gasteiger partial charge in [0.25, 0.3) is 0 Å². The molecule has 1 aromatic rings. The molecule has 1 aliphatic heterocycles. The maximum atomic E-state index is 11.5. The average Bonchev–Trinajstić information content (AvgIpc) is 2.59. The Labute approximate surface area is 113 Å². The molecule has 18 heavy (non-hydrogen) atoms. The first kappa shape index (κ1) is 13.6. The molecule has 0 radical (unpaired) electrons. The van der Waals surface area contributed by atoms with Gasteiger partial charge in [0.2, 0.25) is 0 Å². The fourth-order valence-corrected chi connectivity index (χ4v) is 3.54. The van der Waals surface area contributed by atoms with Crippen LogP contribution in [-0.4, -0.2) is 54.3 Å². The summed E-state index contributed by atoms with van der Waals surface area (Å²) in [6.07, 6.45) is 1.19. The van der Waals surface area contributed by atoms with E-state index in [2.05, 4.69) is 28.9 Å². The molecule has 0 amide bonds. The van der Waals surface area contributed by atoms with Crippen molar-refractivity contribution >= 4 is 17.1 Å². The number of Topliss-reactive ketones (excluding diaryl/α,β-unsaturated/α-hetero) is 1. The van der Waals surface area contributed by atoms with Gasteiger partial charge in [0, 0.05) is 13.5 Å². The lowest BCUT2D eigenvalue weighted by Gasteiger charge is -2.25. The average molecular weight is 267 g/mol. The van der Waals surface area contributed by atoms with Crippen molar-refractivity contribution in [2.75, 3.05) is 33.7 Å². The Hall–Kier alpha value is -0.780. The molecule has 0 aliphatic carbocycles. The Morgan fingerprint density at radius 1 is 1.39 bits per heavy atom. The molecule has 1 atom stereocenters. The van der Waals surface area contributed by atoms with E-state index >= 15 is 0 Å². The van der Waals surface area contributed by atoms with Crippen LogP contribution in [0.5, 0.6) is 0 Å². The maximum absolute atomic E-state index is 11.5. The van der Waals surface area contributed by atoms with Crippen LogP contribution < -0.4 is 0 Å². The molecular weight excluding hydrogens is 246 g/mol. The third-order valence-electron chi connectivity index (χ3n) is 3.49. The summed E-state index contributed by atoms with van der Waals surface area (Å²) < 4.78 is 0. The number of aryl methyl sites for hydroxylation is 1. The SMILES string of the molecule is CC(=O)c1sc(C2CN(C)CCCN2C)nc1C. The first-order valence-corrected chi connectivity index (χ1v) is 7.17.